The second-order valence-electron chi connectivity index (χ2n) is 24.1. The van der Waals surface area contributed by atoms with Crippen molar-refractivity contribution < 1.29 is 8.83 Å². The Morgan fingerprint density at radius 2 is 0.526 bits per heavy atom. The third kappa shape index (κ3) is 8.66. The molecule has 11 aromatic rings. The monoisotopic (exact) mass is 1020 g/mol. The normalized spacial score (nSPS) is 17.5. The molecule has 0 amide bonds. The van der Waals surface area contributed by atoms with Gasteiger partial charge in [0.1, 0.15) is 22.3 Å². The van der Waals surface area contributed by atoms with Gasteiger partial charge in [0.25, 0.3) is 0 Å². The zero-order chi connectivity index (χ0) is 51.5. The summed E-state index contributed by atoms with van der Waals surface area (Å²) in [6, 6.07) is 65.2. The summed E-state index contributed by atoms with van der Waals surface area (Å²) in [5, 5.41) is 9.12. The van der Waals surface area contributed by atoms with E-state index >= 15 is 0 Å². The van der Waals surface area contributed by atoms with E-state index in [2.05, 4.69) is 180 Å². The third-order valence-electron chi connectivity index (χ3n) is 19.4. The van der Waals surface area contributed by atoms with Gasteiger partial charge in [-0.1, -0.05) is 174 Å². The highest BCUT2D eigenvalue weighted by Gasteiger charge is 2.27. The van der Waals surface area contributed by atoms with Crippen LogP contribution in [0.25, 0.3) is 65.4 Å². The fraction of sp³-hybridized carbons (Fsp3) is 0.324. The van der Waals surface area contributed by atoms with Crippen molar-refractivity contribution in [1.29, 1.82) is 0 Å². The van der Waals surface area contributed by atoms with Gasteiger partial charge in [0.05, 0.1) is 11.4 Å². The molecule has 9 aromatic carbocycles. The van der Waals surface area contributed by atoms with Gasteiger partial charge in [0.2, 0.25) is 0 Å². The maximum atomic E-state index is 7.17. The lowest BCUT2D eigenvalue weighted by Crippen LogP contribution is -2.12. The molecule has 0 spiro atoms. The topological polar surface area (TPSA) is 32.8 Å². The zero-order valence-corrected chi connectivity index (χ0v) is 45.3. The van der Waals surface area contributed by atoms with Crippen LogP contribution in [-0.2, 0) is 0 Å². The molecule has 15 rings (SSSR count). The van der Waals surface area contributed by atoms with Gasteiger partial charge in [-0.25, -0.2) is 0 Å². The van der Waals surface area contributed by atoms with E-state index in [0.29, 0.717) is 23.7 Å². The van der Waals surface area contributed by atoms with Gasteiger partial charge in [0.15, 0.2) is 0 Å². The van der Waals surface area contributed by atoms with Crippen LogP contribution in [0.2, 0.25) is 0 Å². The Hall–Kier alpha value is -7.30. The number of nitrogens with zero attached hydrogens (tertiary/aromatic N) is 2. The molecule has 78 heavy (non-hydrogen) atoms. The Balaban J connectivity index is 0.867. The van der Waals surface area contributed by atoms with Crippen molar-refractivity contribution in [2.75, 3.05) is 9.80 Å². The van der Waals surface area contributed by atoms with Crippen LogP contribution in [0.5, 0.6) is 0 Å². The number of rotatable bonds is 10. The average Bonchev–Trinajstić information content (AvgIpc) is 4.28. The molecule has 2 aromatic heterocycles. The molecule has 0 N–H and O–H groups in total. The van der Waals surface area contributed by atoms with Crippen LogP contribution in [0.4, 0.5) is 34.1 Å². The van der Waals surface area contributed by atoms with Gasteiger partial charge >= 0.3 is 0 Å². The lowest BCUT2D eigenvalue weighted by atomic mass is 9.84. The van der Waals surface area contributed by atoms with Gasteiger partial charge in [0, 0.05) is 67.2 Å². The number of hydrogen-bond donors (Lipinski definition) is 0. The van der Waals surface area contributed by atoms with Crippen molar-refractivity contribution in [3.05, 3.63) is 192 Å². The molecule has 4 aliphatic carbocycles. The number of furan rings is 2. The molecule has 0 atom stereocenters. The molecule has 4 nitrogen and oxygen atoms in total. The summed E-state index contributed by atoms with van der Waals surface area (Å²) in [5.41, 5.74) is 16.3. The molecular weight excluding hydrogens is 949 g/mol. The molecule has 4 heteroatoms. The van der Waals surface area contributed by atoms with Crippen molar-refractivity contribution in [3.8, 4) is 0 Å². The lowest BCUT2D eigenvalue weighted by Gasteiger charge is -2.29. The van der Waals surface area contributed by atoms with E-state index < -0.39 is 0 Å². The van der Waals surface area contributed by atoms with Gasteiger partial charge in [-0.3, -0.25) is 0 Å². The van der Waals surface area contributed by atoms with Gasteiger partial charge in [-0.15, -0.1) is 0 Å². The highest BCUT2D eigenvalue weighted by molar-refractivity contribution is 6.28. The van der Waals surface area contributed by atoms with Crippen molar-refractivity contribution in [2.24, 2.45) is 0 Å². The second-order valence-corrected chi connectivity index (χ2v) is 24.1. The van der Waals surface area contributed by atoms with E-state index in [1.807, 2.05) is 0 Å². The second kappa shape index (κ2) is 20.5. The molecule has 4 saturated carbocycles. The summed E-state index contributed by atoms with van der Waals surface area (Å²) in [5.74, 6) is 2.60. The first kappa shape index (κ1) is 47.9. The maximum Gasteiger partial charge on any atom is 0.138 e. The van der Waals surface area contributed by atoms with Crippen LogP contribution < -0.4 is 9.80 Å². The predicted molar refractivity (Wildman–Crippen MR) is 329 cm³/mol. The third-order valence-corrected chi connectivity index (χ3v) is 19.4. The first-order valence-electron chi connectivity index (χ1n) is 30.3. The van der Waals surface area contributed by atoms with E-state index in [4.69, 9.17) is 8.83 Å². The van der Waals surface area contributed by atoms with Crippen LogP contribution in [-0.4, -0.2) is 0 Å². The van der Waals surface area contributed by atoms with Crippen molar-refractivity contribution in [1.82, 2.24) is 0 Å². The van der Waals surface area contributed by atoms with Crippen molar-refractivity contribution >= 4 is 99.5 Å². The number of benzene rings is 9. The Labute approximate surface area is 460 Å². The molecule has 0 aliphatic heterocycles. The fourth-order valence-electron chi connectivity index (χ4n) is 15.3. The van der Waals surface area contributed by atoms with Gasteiger partial charge < -0.3 is 18.6 Å². The van der Waals surface area contributed by atoms with Crippen LogP contribution in [0.15, 0.2) is 179 Å². The minimum absolute atomic E-state index is 0.651. The Morgan fingerprint density at radius 3 is 0.808 bits per heavy atom. The fourth-order valence-corrected chi connectivity index (χ4v) is 15.3. The molecule has 0 unspecified atom stereocenters. The summed E-state index contributed by atoms with van der Waals surface area (Å²) < 4.78 is 14.3. The Morgan fingerprint density at radius 1 is 0.256 bits per heavy atom. The lowest BCUT2D eigenvalue weighted by molar-refractivity contribution is 0.443. The SMILES string of the molecule is c1ccc2c(c1)c(N(c1ccc(C3CCCCC3)cc1)c1ccc(C3CCCCC3)cc1)cc1oc3cc4c(cc3c12)oc1cc(N(c2ccc(C3CCCCC3)cc2)c2ccc(C3CCCCC3)cc2)c2ccccc2c14. The first-order valence-corrected chi connectivity index (χ1v) is 30.3. The standard InChI is InChI=1S/C74H72N2O2/c1-5-17-49(18-6-1)53-29-37-57(38-30-53)75(58-39-31-54(32-40-58)50-19-7-2-8-20-50)67-47-71-73(63-27-15-13-25-61(63)67)65-45-70-66(46-69(65)77-71)74-64-28-16-14-26-62(64)68(48-72(74)78-70)76(59-41-33-55(34-42-59)51-21-9-3-10-22-51)60-43-35-56(36-44-60)52-23-11-4-12-24-52/h13-16,25-52H,1-12,17-24H2. The smallest absolute Gasteiger partial charge is 0.138 e. The van der Waals surface area contributed by atoms with Crippen molar-refractivity contribution in [2.45, 2.75) is 152 Å². The molecule has 4 fully saturated rings. The minimum atomic E-state index is 0.651. The van der Waals surface area contributed by atoms with Crippen LogP contribution in [0, 0.1) is 0 Å². The number of fused-ring (bicyclic) bond motifs is 10. The van der Waals surface area contributed by atoms with Gasteiger partial charge in [-0.05, 0) is 169 Å². The molecular formula is C74H72N2O2. The maximum absolute atomic E-state index is 7.17. The van der Waals surface area contributed by atoms with Crippen LogP contribution >= 0.6 is 0 Å². The minimum Gasteiger partial charge on any atom is -0.456 e. The Bertz CT molecular complexity index is 3550. The van der Waals surface area contributed by atoms with Crippen LogP contribution in [0.3, 0.4) is 0 Å². The van der Waals surface area contributed by atoms with Crippen molar-refractivity contribution in [3.63, 3.8) is 0 Å². The summed E-state index contributed by atoms with van der Waals surface area (Å²) in [4.78, 5) is 4.96. The summed E-state index contributed by atoms with van der Waals surface area (Å²) in [6.45, 7) is 0. The van der Waals surface area contributed by atoms with Gasteiger partial charge in [-0.2, -0.15) is 0 Å². The molecule has 0 saturated heterocycles. The summed E-state index contributed by atoms with van der Waals surface area (Å²) in [7, 11) is 0. The zero-order valence-electron chi connectivity index (χ0n) is 45.3. The quantitative estimate of drug-likeness (QED) is 0.137. The highest BCUT2D eigenvalue weighted by Crippen LogP contribution is 2.50. The molecule has 0 radical (unpaired) electrons. The molecule has 4 aliphatic rings. The molecule has 2 heterocycles. The van der Waals surface area contributed by atoms with E-state index in [1.54, 1.807) is 0 Å². The van der Waals surface area contributed by atoms with E-state index in [-0.39, 0.29) is 0 Å². The predicted octanol–water partition coefficient (Wildman–Crippen LogP) is 22.9. The van der Waals surface area contributed by atoms with E-state index in [1.165, 1.54) is 195 Å². The highest BCUT2D eigenvalue weighted by atomic mass is 16.3. The summed E-state index contributed by atoms with van der Waals surface area (Å²) in [6.07, 6.45) is 26.4. The molecule has 0 bridgehead atoms. The van der Waals surface area contributed by atoms with Crippen LogP contribution in [0.1, 0.15) is 174 Å². The largest absolute Gasteiger partial charge is 0.456 e. The number of anilines is 6. The molecule has 390 valence electrons. The number of hydrogen-bond acceptors (Lipinski definition) is 4. The van der Waals surface area contributed by atoms with E-state index in [0.717, 1.165) is 55.3 Å². The Kier molecular flexibility index (Phi) is 12.6. The average molecular weight is 1020 g/mol. The first-order chi connectivity index (χ1) is 38.7. The van der Waals surface area contributed by atoms with E-state index in [9.17, 15) is 0 Å². The summed E-state index contributed by atoms with van der Waals surface area (Å²) >= 11 is 0.